The number of nitrogen functional groups attached to an aromatic ring is 1. The highest BCUT2D eigenvalue weighted by molar-refractivity contribution is 5.67. The highest BCUT2D eigenvalue weighted by atomic mass is 16.5. The number of hydrogen-bond donors (Lipinski definition) is 1. The molecule has 0 unspecified atom stereocenters. The van der Waals surface area contributed by atoms with Gasteiger partial charge in [0.25, 0.3) is 0 Å². The third-order valence-corrected chi connectivity index (χ3v) is 3.18. The van der Waals surface area contributed by atoms with Crippen LogP contribution in [-0.4, -0.2) is 27.3 Å². The van der Waals surface area contributed by atoms with E-state index in [1.165, 1.54) is 0 Å². The predicted molar refractivity (Wildman–Crippen MR) is 80.3 cm³/mol. The second kappa shape index (κ2) is 5.54. The number of anilines is 1. The molecule has 3 rings (SSSR count). The van der Waals surface area contributed by atoms with Crippen molar-refractivity contribution in [2.24, 2.45) is 0 Å². The van der Waals surface area contributed by atoms with Gasteiger partial charge in [-0.05, 0) is 46.8 Å². The van der Waals surface area contributed by atoms with E-state index < -0.39 is 0 Å². The molecule has 0 atom stereocenters. The fourth-order valence-electron chi connectivity index (χ4n) is 2.12. The van der Waals surface area contributed by atoms with Crippen molar-refractivity contribution in [3.8, 4) is 28.9 Å². The summed E-state index contributed by atoms with van der Waals surface area (Å²) in [6.45, 7) is 0. The molecule has 0 radical (unpaired) electrons. The standard InChI is InChI=1S/C15H12N6O/c1-22-14-6-5-11(8-13(14)17)15-18-19-20-21(15)12-4-2-3-10(7-12)9-16/h2-8H,17H2,1H3. The highest BCUT2D eigenvalue weighted by Gasteiger charge is 2.12. The molecule has 0 aliphatic heterocycles. The molecule has 0 aliphatic rings. The van der Waals surface area contributed by atoms with Crippen molar-refractivity contribution in [3.63, 3.8) is 0 Å². The van der Waals surface area contributed by atoms with E-state index in [1.54, 1.807) is 42.1 Å². The van der Waals surface area contributed by atoms with Crippen molar-refractivity contribution in [2.75, 3.05) is 12.8 Å². The van der Waals surface area contributed by atoms with E-state index in [1.807, 2.05) is 12.1 Å². The lowest BCUT2D eigenvalue weighted by Crippen LogP contribution is -2.01. The maximum absolute atomic E-state index is 9.00. The Labute approximate surface area is 126 Å². The monoisotopic (exact) mass is 292 g/mol. The number of ether oxygens (including phenoxy) is 1. The van der Waals surface area contributed by atoms with Crippen molar-refractivity contribution >= 4 is 5.69 Å². The number of nitrogens with zero attached hydrogens (tertiary/aromatic N) is 5. The number of nitriles is 1. The first-order valence-corrected chi connectivity index (χ1v) is 6.45. The Morgan fingerprint density at radius 3 is 2.82 bits per heavy atom. The summed E-state index contributed by atoms with van der Waals surface area (Å²) in [5, 5.41) is 20.7. The SMILES string of the molecule is COc1ccc(-c2nnnn2-c2cccc(C#N)c2)cc1N. The zero-order valence-corrected chi connectivity index (χ0v) is 11.8. The lowest BCUT2D eigenvalue weighted by atomic mass is 10.1. The largest absolute Gasteiger partial charge is 0.495 e. The van der Waals surface area contributed by atoms with E-state index in [-0.39, 0.29) is 0 Å². The lowest BCUT2D eigenvalue weighted by Gasteiger charge is -2.08. The van der Waals surface area contributed by atoms with Crippen LogP contribution in [0.15, 0.2) is 42.5 Å². The highest BCUT2D eigenvalue weighted by Crippen LogP contribution is 2.28. The molecule has 2 aromatic carbocycles. The van der Waals surface area contributed by atoms with Gasteiger partial charge in [-0.3, -0.25) is 0 Å². The molecule has 0 saturated heterocycles. The van der Waals surface area contributed by atoms with Crippen LogP contribution in [0.25, 0.3) is 17.1 Å². The molecule has 7 nitrogen and oxygen atoms in total. The maximum atomic E-state index is 9.00. The molecular formula is C15H12N6O. The van der Waals surface area contributed by atoms with E-state index >= 15 is 0 Å². The summed E-state index contributed by atoms with van der Waals surface area (Å²) in [4.78, 5) is 0. The van der Waals surface area contributed by atoms with Gasteiger partial charge < -0.3 is 10.5 Å². The minimum absolute atomic E-state index is 0.500. The predicted octanol–water partition coefficient (Wildman–Crippen LogP) is 1.79. The van der Waals surface area contributed by atoms with Crippen LogP contribution in [0.5, 0.6) is 5.75 Å². The Morgan fingerprint density at radius 1 is 1.23 bits per heavy atom. The molecule has 7 heteroatoms. The summed E-state index contributed by atoms with van der Waals surface area (Å²) in [6, 6.07) is 14.5. The van der Waals surface area contributed by atoms with Gasteiger partial charge in [-0.2, -0.15) is 9.94 Å². The van der Waals surface area contributed by atoms with Crippen LogP contribution in [0.2, 0.25) is 0 Å². The third-order valence-electron chi connectivity index (χ3n) is 3.18. The van der Waals surface area contributed by atoms with Crippen molar-refractivity contribution < 1.29 is 4.74 Å². The van der Waals surface area contributed by atoms with Crippen LogP contribution in [0.1, 0.15) is 5.56 Å². The van der Waals surface area contributed by atoms with Crippen molar-refractivity contribution in [1.29, 1.82) is 5.26 Å². The fraction of sp³-hybridized carbons (Fsp3) is 0.0667. The van der Waals surface area contributed by atoms with E-state index in [0.717, 1.165) is 5.56 Å². The molecule has 0 spiro atoms. The number of aromatic nitrogens is 4. The summed E-state index contributed by atoms with van der Waals surface area (Å²) >= 11 is 0. The molecule has 3 aromatic rings. The second-order valence-electron chi connectivity index (χ2n) is 4.53. The molecule has 1 aromatic heterocycles. The Morgan fingerprint density at radius 2 is 2.09 bits per heavy atom. The quantitative estimate of drug-likeness (QED) is 0.738. The average molecular weight is 292 g/mol. The number of methoxy groups -OCH3 is 1. The molecule has 0 amide bonds. The minimum atomic E-state index is 0.500. The van der Waals surface area contributed by atoms with Crippen molar-refractivity contribution in [2.45, 2.75) is 0 Å². The average Bonchev–Trinajstić information content (AvgIpc) is 3.04. The second-order valence-corrected chi connectivity index (χ2v) is 4.53. The van der Waals surface area contributed by atoms with Crippen LogP contribution in [-0.2, 0) is 0 Å². The Hall–Kier alpha value is -3.40. The van der Waals surface area contributed by atoms with Gasteiger partial charge in [0.15, 0.2) is 5.82 Å². The first kappa shape index (κ1) is 13.6. The van der Waals surface area contributed by atoms with Gasteiger partial charge in [-0.1, -0.05) is 6.07 Å². The van der Waals surface area contributed by atoms with Crippen LogP contribution in [0, 0.1) is 11.3 Å². The molecule has 2 N–H and O–H groups in total. The summed E-state index contributed by atoms with van der Waals surface area (Å²) in [5.41, 5.74) is 8.42. The van der Waals surface area contributed by atoms with Gasteiger partial charge >= 0.3 is 0 Å². The third kappa shape index (κ3) is 2.33. The zero-order valence-electron chi connectivity index (χ0n) is 11.8. The number of nitrogens with two attached hydrogens (primary N) is 1. The number of tetrazole rings is 1. The normalized spacial score (nSPS) is 10.2. The van der Waals surface area contributed by atoms with Gasteiger partial charge in [0.1, 0.15) is 5.75 Å². The van der Waals surface area contributed by atoms with Gasteiger partial charge in [0.2, 0.25) is 0 Å². The van der Waals surface area contributed by atoms with Gasteiger partial charge in [0, 0.05) is 5.56 Å². The first-order chi connectivity index (χ1) is 10.7. The molecule has 22 heavy (non-hydrogen) atoms. The van der Waals surface area contributed by atoms with Crippen LogP contribution < -0.4 is 10.5 Å². The van der Waals surface area contributed by atoms with Crippen LogP contribution >= 0.6 is 0 Å². The molecule has 0 saturated carbocycles. The first-order valence-electron chi connectivity index (χ1n) is 6.45. The summed E-state index contributed by atoms with van der Waals surface area (Å²) in [7, 11) is 1.56. The number of hydrogen-bond acceptors (Lipinski definition) is 6. The summed E-state index contributed by atoms with van der Waals surface area (Å²) in [5.74, 6) is 1.12. The molecule has 0 aliphatic carbocycles. The minimum Gasteiger partial charge on any atom is -0.495 e. The topological polar surface area (TPSA) is 103 Å². The van der Waals surface area contributed by atoms with Crippen LogP contribution in [0.4, 0.5) is 5.69 Å². The fourth-order valence-corrected chi connectivity index (χ4v) is 2.12. The Balaban J connectivity index is 2.09. The maximum Gasteiger partial charge on any atom is 0.187 e. The van der Waals surface area contributed by atoms with Gasteiger partial charge in [-0.25, -0.2) is 0 Å². The van der Waals surface area contributed by atoms with E-state index in [9.17, 15) is 0 Å². The summed E-state index contributed by atoms with van der Waals surface area (Å²) in [6.07, 6.45) is 0. The Kier molecular flexibility index (Phi) is 3.42. The smallest absolute Gasteiger partial charge is 0.187 e. The van der Waals surface area contributed by atoms with E-state index in [2.05, 4.69) is 21.6 Å². The zero-order chi connectivity index (χ0) is 15.5. The summed E-state index contributed by atoms with van der Waals surface area (Å²) < 4.78 is 6.70. The number of rotatable bonds is 3. The van der Waals surface area contributed by atoms with Crippen molar-refractivity contribution in [3.05, 3.63) is 48.0 Å². The number of benzene rings is 2. The van der Waals surface area contributed by atoms with Gasteiger partial charge in [-0.15, -0.1) is 5.10 Å². The Bertz CT molecular complexity index is 864. The molecule has 0 fully saturated rings. The van der Waals surface area contributed by atoms with Crippen molar-refractivity contribution in [1.82, 2.24) is 20.2 Å². The van der Waals surface area contributed by atoms with E-state index in [0.29, 0.717) is 28.5 Å². The molecule has 1 heterocycles. The van der Waals surface area contributed by atoms with Crippen LogP contribution in [0.3, 0.4) is 0 Å². The lowest BCUT2D eigenvalue weighted by molar-refractivity contribution is 0.417. The van der Waals surface area contributed by atoms with Gasteiger partial charge in [0.05, 0.1) is 30.1 Å². The molecule has 0 bridgehead atoms. The van der Waals surface area contributed by atoms with E-state index in [4.69, 9.17) is 15.7 Å². The molecular weight excluding hydrogens is 280 g/mol. The molecule has 108 valence electrons.